The molecule has 2 N–H and O–H groups in total. The number of benzene rings is 1. The lowest BCUT2D eigenvalue weighted by atomic mass is 10.1. The van der Waals surface area contributed by atoms with E-state index in [1.54, 1.807) is 0 Å². The molecule has 0 fully saturated rings. The van der Waals surface area contributed by atoms with Crippen LogP contribution in [0.1, 0.15) is 5.56 Å². The Morgan fingerprint density at radius 1 is 0.636 bits per heavy atom. The lowest BCUT2D eigenvalue weighted by Gasteiger charge is -2.27. The van der Waals surface area contributed by atoms with Crippen molar-refractivity contribution in [3.8, 4) is 0 Å². The average Bonchev–Trinajstić information content (AvgIpc) is 2.61. The van der Waals surface area contributed by atoms with E-state index in [0.29, 0.717) is 18.2 Å². The van der Waals surface area contributed by atoms with E-state index in [9.17, 15) is 71.1 Å². The lowest BCUT2D eigenvalue weighted by molar-refractivity contribution is -0.343. The maximum atomic E-state index is 13.3. The third-order valence-corrected chi connectivity index (χ3v) is 3.80. The molecule has 0 atom stereocenters. The number of nitrogens with one attached hydrogen (secondary N) is 2. The number of hydrogen-bond donors (Lipinski definition) is 2. The van der Waals surface area contributed by atoms with Gasteiger partial charge in [-0.25, -0.2) is 0 Å². The van der Waals surface area contributed by atoms with Crippen LogP contribution in [0.2, 0.25) is 0 Å². The van der Waals surface area contributed by atoms with E-state index in [4.69, 9.17) is 0 Å². The number of carbonyl (C=O) groups is 2. The van der Waals surface area contributed by atoms with Gasteiger partial charge in [0, 0.05) is 11.4 Å². The van der Waals surface area contributed by atoms with Gasteiger partial charge < -0.3 is 10.6 Å². The van der Waals surface area contributed by atoms with Gasteiger partial charge in [0.25, 0.3) is 0 Å². The van der Waals surface area contributed by atoms with Crippen molar-refractivity contribution in [3.05, 3.63) is 23.8 Å². The van der Waals surface area contributed by atoms with E-state index in [0.717, 1.165) is 17.6 Å². The highest BCUT2D eigenvalue weighted by Crippen LogP contribution is 2.48. The second kappa shape index (κ2) is 8.19. The van der Waals surface area contributed by atoms with Crippen molar-refractivity contribution in [1.29, 1.82) is 0 Å². The van der Waals surface area contributed by atoms with Gasteiger partial charge in [-0.1, -0.05) is 0 Å². The largest absolute Gasteiger partial charge is 0.460 e. The minimum Gasteiger partial charge on any atom is -0.321 e. The highest BCUT2D eigenvalue weighted by atomic mass is 19.4. The van der Waals surface area contributed by atoms with Crippen molar-refractivity contribution in [3.63, 3.8) is 0 Å². The Kier molecular flexibility index (Phi) is 7.00. The fraction of sp³-hybridized carbons (Fsp3) is 0.467. The molecule has 0 aromatic heterocycles. The van der Waals surface area contributed by atoms with E-state index in [1.807, 2.05) is 0 Å². The molecule has 18 heteroatoms. The predicted octanol–water partition coefficient (Wildman–Crippen LogP) is 5.54. The van der Waals surface area contributed by atoms with Crippen LogP contribution in [0, 0.1) is 6.92 Å². The van der Waals surface area contributed by atoms with Gasteiger partial charge in [0.2, 0.25) is 0 Å². The summed E-state index contributed by atoms with van der Waals surface area (Å²) in [5, 5.41) is 1.94. The first-order chi connectivity index (χ1) is 14.4. The highest BCUT2D eigenvalue weighted by molar-refractivity contribution is 5.99. The van der Waals surface area contributed by atoms with Gasteiger partial charge >= 0.3 is 47.9 Å². The molecule has 33 heavy (non-hydrogen) atoms. The summed E-state index contributed by atoms with van der Waals surface area (Å²) in [5.74, 6) is -32.6. The zero-order chi connectivity index (χ0) is 26.4. The summed E-state index contributed by atoms with van der Waals surface area (Å²) in [6, 6.07) is 1.13. The maximum absolute atomic E-state index is 13.3. The van der Waals surface area contributed by atoms with E-state index in [1.165, 1.54) is 0 Å². The van der Waals surface area contributed by atoms with Crippen LogP contribution in [0.4, 0.5) is 72.8 Å². The van der Waals surface area contributed by atoms with Crippen molar-refractivity contribution in [2.24, 2.45) is 0 Å². The van der Waals surface area contributed by atoms with Crippen LogP contribution in [0.25, 0.3) is 0 Å². The van der Waals surface area contributed by atoms with Gasteiger partial charge in [0.1, 0.15) is 0 Å². The van der Waals surface area contributed by atoms with Crippen LogP contribution in [0.3, 0.4) is 0 Å². The molecule has 0 aliphatic rings. The standard InChI is InChI=1S/C15H8F14N2O2/c1-5-4-6(30-8(32)10(16,17)12(20,21)14(24,25)26)2-3-7(5)31-9(33)11(18,19)13(22,23)15(27,28)29/h2-4H,1H3,(H,30,32)(H,31,33). The van der Waals surface area contributed by atoms with Crippen LogP contribution in [0.5, 0.6) is 0 Å². The van der Waals surface area contributed by atoms with E-state index in [2.05, 4.69) is 0 Å². The third-order valence-electron chi connectivity index (χ3n) is 3.80. The predicted molar refractivity (Wildman–Crippen MR) is 80.3 cm³/mol. The van der Waals surface area contributed by atoms with Gasteiger partial charge in [0.15, 0.2) is 0 Å². The van der Waals surface area contributed by atoms with Gasteiger partial charge in [-0.05, 0) is 30.7 Å². The third kappa shape index (κ3) is 4.92. The van der Waals surface area contributed by atoms with E-state index in [-0.39, 0.29) is 0 Å². The van der Waals surface area contributed by atoms with Gasteiger partial charge in [-0.15, -0.1) is 0 Å². The number of halogens is 14. The zero-order valence-electron chi connectivity index (χ0n) is 15.3. The Morgan fingerprint density at radius 3 is 1.33 bits per heavy atom. The minimum atomic E-state index is -6.83. The van der Waals surface area contributed by atoms with Crippen molar-refractivity contribution in [2.75, 3.05) is 10.6 Å². The Bertz CT molecular complexity index is 920. The summed E-state index contributed by atoms with van der Waals surface area (Å²) in [7, 11) is 0. The van der Waals surface area contributed by atoms with Crippen molar-refractivity contribution >= 4 is 23.2 Å². The first-order valence-corrected chi connectivity index (χ1v) is 7.79. The molecule has 0 spiro atoms. The Balaban J connectivity index is 3.12. The summed E-state index contributed by atoms with van der Waals surface area (Å²) in [6.07, 6.45) is -13.7. The molecule has 1 rings (SSSR count). The molecular formula is C15H8F14N2O2. The van der Waals surface area contributed by atoms with E-state index >= 15 is 0 Å². The van der Waals surface area contributed by atoms with E-state index < -0.39 is 64.8 Å². The summed E-state index contributed by atoms with van der Waals surface area (Å²) in [4.78, 5) is 22.5. The fourth-order valence-corrected chi connectivity index (χ4v) is 1.93. The van der Waals surface area contributed by atoms with Crippen LogP contribution in [0.15, 0.2) is 18.2 Å². The second-order valence-electron chi connectivity index (χ2n) is 6.23. The monoisotopic (exact) mass is 514 g/mol. The number of anilines is 2. The summed E-state index contributed by atoms with van der Waals surface area (Å²) >= 11 is 0. The van der Waals surface area contributed by atoms with Crippen molar-refractivity contribution in [1.82, 2.24) is 0 Å². The normalized spacial score (nSPS) is 14.2. The first kappa shape index (κ1) is 28.2. The molecule has 0 aliphatic carbocycles. The summed E-state index contributed by atoms with van der Waals surface area (Å²) in [6.45, 7) is 0.785. The number of alkyl halides is 14. The van der Waals surface area contributed by atoms with Crippen molar-refractivity contribution < 1.29 is 71.1 Å². The Hall–Kier alpha value is -2.82. The molecule has 188 valence electrons. The Labute approximate surface area is 172 Å². The SMILES string of the molecule is Cc1cc(NC(=O)C(F)(F)C(F)(F)C(F)(F)F)ccc1NC(=O)C(F)(F)C(F)(F)C(F)(F)F. The molecule has 2 amide bonds. The second-order valence-corrected chi connectivity index (χ2v) is 6.23. The smallest absolute Gasteiger partial charge is 0.321 e. The number of carbonyl (C=O) groups excluding carboxylic acids is 2. The molecule has 0 saturated heterocycles. The Morgan fingerprint density at radius 2 is 1.00 bits per heavy atom. The number of rotatable bonds is 6. The maximum Gasteiger partial charge on any atom is 0.460 e. The quantitative estimate of drug-likeness (QED) is 0.491. The molecule has 0 bridgehead atoms. The number of amides is 2. The van der Waals surface area contributed by atoms with Gasteiger partial charge in [0.05, 0.1) is 0 Å². The summed E-state index contributed by atoms with van der Waals surface area (Å²) in [5.41, 5.74) is -2.48. The summed E-state index contributed by atoms with van der Waals surface area (Å²) < 4.78 is 177. The zero-order valence-corrected chi connectivity index (χ0v) is 15.3. The molecule has 0 aliphatic heterocycles. The molecule has 0 radical (unpaired) electrons. The van der Waals surface area contributed by atoms with Gasteiger partial charge in [-0.2, -0.15) is 61.5 Å². The van der Waals surface area contributed by atoms with Gasteiger partial charge in [-0.3, -0.25) is 9.59 Å². The lowest BCUT2D eigenvalue weighted by Crippen LogP contribution is -2.58. The molecule has 1 aromatic rings. The first-order valence-electron chi connectivity index (χ1n) is 7.79. The number of aryl methyl sites for hydroxylation is 1. The highest BCUT2D eigenvalue weighted by Gasteiger charge is 2.77. The molecule has 4 nitrogen and oxygen atoms in total. The topological polar surface area (TPSA) is 58.2 Å². The van der Waals surface area contributed by atoms with Crippen LogP contribution >= 0.6 is 0 Å². The average molecular weight is 514 g/mol. The number of hydrogen-bond acceptors (Lipinski definition) is 2. The van der Waals surface area contributed by atoms with Crippen LogP contribution < -0.4 is 10.6 Å². The molecule has 0 unspecified atom stereocenters. The fourth-order valence-electron chi connectivity index (χ4n) is 1.93. The van der Waals surface area contributed by atoms with Crippen LogP contribution in [-0.4, -0.2) is 47.9 Å². The molecule has 1 aromatic carbocycles. The molecule has 0 saturated carbocycles. The van der Waals surface area contributed by atoms with Crippen LogP contribution in [-0.2, 0) is 9.59 Å². The van der Waals surface area contributed by atoms with Crippen molar-refractivity contribution in [2.45, 2.75) is 43.0 Å². The molecule has 0 heterocycles. The molecular weight excluding hydrogens is 506 g/mol. The minimum absolute atomic E-state index is 0.350.